The molecular weight excluding hydrogens is 160 g/mol. The van der Waals surface area contributed by atoms with Crippen LogP contribution in [0.2, 0.25) is 0 Å². The van der Waals surface area contributed by atoms with E-state index in [1.807, 2.05) is 0 Å². The minimum absolute atomic E-state index is 0.616. The Labute approximate surface area is 69.5 Å². The molecule has 1 rings (SSSR count). The van der Waals surface area contributed by atoms with Crippen LogP contribution in [0.25, 0.3) is 0 Å². The standard InChI is InChI=1S/C8H8O4/c1-3-5-7(9)12-6(4-2)8(10)11-5/h3-6H,1-2H2/t5-,6-/m0/s1. The highest BCUT2D eigenvalue weighted by Gasteiger charge is 2.34. The van der Waals surface area contributed by atoms with Gasteiger partial charge in [-0.05, 0) is 12.2 Å². The van der Waals surface area contributed by atoms with Gasteiger partial charge in [-0.3, -0.25) is 0 Å². The van der Waals surface area contributed by atoms with E-state index >= 15 is 0 Å². The lowest BCUT2D eigenvalue weighted by Gasteiger charge is -2.23. The highest BCUT2D eigenvalue weighted by Crippen LogP contribution is 2.11. The molecule has 2 atom stereocenters. The van der Waals surface area contributed by atoms with Crippen molar-refractivity contribution in [2.45, 2.75) is 12.2 Å². The Kier molecular flexibility index (Phi) is 2.28. The van der Waals surface area contributed by atoms with Gasteiger partial charge in [-0.25, -0.2) is 9.59 Å². The molecule has 0 aromatic carbocycles. The molecule has 0 N–H and O–H groups in total. The van der Waals surface area contributed by atoms with Crippen LogP contribution >= 0.6 is 0 Å². The molecule has 0 aromatic rings. The van der Waals surface area contributed by atoms with Crippen LogP contribution in [0.3, 0.4) is 0 Å². The first-order chi connectivity index (χ1) is 5.69. The molecule has 1 saturated heterocycles. The molecule has 0 aliphatic carbocycles. The summed E-state index contributed by atoms with van der Waals surface area (Å²) in [5.41, 5.74) is 0. The number of hydrogen-bond acceptors (Lipinski definition) is 4. The van der Waals surface area contributed by atoms with Gasteiger partial charge in [0, 0.05) is 0 Å². The Morgan fingerprint density at radius 2 is 1.33 bits per heavy atom. The summed E-state index contributed by atoms with van der Waals surface area (Å²) in [6.07, 6.45) is 0.460. The van der Waals surface area contributed by atoms with Crippen LogP contribution in [0.15, 0.2) is 25.3 Å². The lowest BCUT2D eigenvalue weighted by molar-refractivity contribution is -0.187. The number of hydrogen-bond donors (Lipinski definition) is 0. The van der Waals surface area contributed by atoms with E-state index < -0.39 is 24.1 Å². The van der Waals surface area contributed by atoms with E-state index in [0.29, 0.717) is 0 Å². The van der Waals surface area contributed by atoms with Crippen molar-refractivity contribution in [3.05, 3.63) is 25.3 Å². The Hall–Kier alpha value is -1.58. The van der Waals surface area contributed by atoms with Gasteiger partial charge in [0.25, 0.3) is 0 Å². The largest absolute Gasteiger partial charge is 0.443 e. The van der Waals surface area contributed by atoms with E-state index in [9.17, 15) is 9.59 Å². The van der Waals surface area contributed by atoms with E-state index in [-0.39, 0.29) is 0 Å². The Morgan fingerprint density at radius 1 is 1.00 bits per heavy atom. The second-order valence-electron chi connectivity index (χ2n) is 2.19. The average Bonchev–Trinajstić information content (AvgIpc) is 2.08. The van der Waals surface area contributed by atoms with Crippen molar-refractivity contribution in [1.82, 2.24) is 0 Å². The third-order valence-electron chi connectivity index (χ3n) is 1.38. The van der Waals surface area contributed by atoms with Crippen molar-refractivity contribution in [3.8, 4) is 0 Å². The Bertz CT molecular complexity index is 217. The van der Waals surface area contributed by atoms with Gasteiger partial charge < -0.3 is 9.47 Å². The minimum atomic E-state index is -0.978. The van der Waals surface area contributed by atoms with Crippen LogP contribution < -0.4 is 0 Å². The SMILES string of the molecule is C=C[C@@H]1OC(=O)[C@H](C=C)OC1=O. The van der Waals surface area contributed by atoms with E-state index in [2.05, 4.69) is 22.6 Å². The fourth-order valence-corrected chi connectivity index (χ4v) is 0.769. The summed E-state index contributed by atoms with van der Waals surface area (Å²) in [7, 11) is 0. The normalized spacial score (nSPS) is 28.7. The van der Waals surface area contributed by atoms with Crippen LogP contribution in [-0.2, 0) is 19.1 Å². The van der Waals surface area contributed by atoms with Crippen LogP contribution in [0.4, 0.5) is 0 Å². The van der Waals surface area contributed by atoms with E-state index in [1.165, 1.54) is 12.2 Å². The molecule has 0 saturated carbocycles. The predicted octanol–water partition coefficient (Wildman–Crippen LogP) is 0.196. The van der Waals surface area contributed by atoms with Crippen LogP contribution in [0.5, 0.6) is 0 Å². The average molecular weight is 168 g/mol. The van der Waals surface area contributed by atoms with Gasteiger partial charge in [0.2, 0.25) is 12.2 Å². The third kappa shape index (κ3) is 1.37. The molecule has 1 aliphatic heterocycles. The van der Waals surface area contributed by atoms with Crippen LogP contribution in [-0.4, -0.2) is 24.1 Å². The monoisotopic (exact) mass is 168 g/mol. The summed E-state index contributed by atoms with van der Waals surface area (Å²) in [5, 5.41) is 0. The van der Waals surface area contributed by atoms with Crippen molar-refractivity contribution in [1.29, 1.82) is 0 Å². The predicted molar refractivity (Wildman–Crippen MR) is 40.2 cm³/mol. The maximum atomic E-state index is 10.9. The molecule has 12 heavy (non-hydrogen) atoms. The van der Waals surface area contributed by atoms with E-state index in [4.69, 9.17) is 0 Å². The molecule has 0 radical (unpaired) electrons. The lowest BCUT2D eigenvalue weighted by atomic mass is 10.2. The van der Waals surface area contributed by atoms with Crippen molar-refractivity contribution >= 4 is 11.9 Å². The van der Waals surface area contributed by atoms with Crippen LogP contribution in [0.1, 0.15) is 0 Å². The number of esters is 2. The molecule has 1 heterocycles. The smallest absolute Gasteiger partial charge is 0.352 e. The fourth-order valence-electron chi connectivity index (χ4n) is 0.769. The minimum Gasteiger partial charge on any atom is -0.443 e. The van der Waals surface area contributed by atoms with Gasteiger partial charge in [-0.2, -0.15) is 0 Å². The number of cyclic esters (lactones) is 2. The molecule has 0 amide bonds. The summed E-state index contributed by atoms with van der Waals surface area (Å²) in [4.78, 5) is 21.8. The van der Waals surface area contributed by atoms with Crippen molar-refractivity contribution in [2.75, 3.05) is 0 Å². The third-order valence-corrected chi connectivity index (χ3v) is 1.38. The van der Waals surface area contributed by atoms with Gasteiger partial charge in [-0.1, -0.05) is 13.2 Å². The van der Waals surface area contributed by atoms with E-state index in [1.54, 1.807) is 0 Å². The maximum absolute atomic E-state index is 10.9. The van der Waals surface area contributed by atoms with Crippen LogP contribution in [0, 0.1) is 0 Å². The summed E-state index contributed by atoms with van der Waals surface area (Å²) in [6.45, 7) is 6.63. The number of carbonyl (C=O) groups excluding carboxylic acids is 2. The molecular formula is C8H8O4. The summed E-state index contributed by atoms with van der Waals surface area (Å²) >= 11 is 0. The van der Waals surface area contributed by atoms with Gasteiger partial charge in [0.1, 0.15) is 0 Å². The Balaban J connectivity index is 2.74. The molecule has 0 aromatic heterocycles. The maximum Gasteiger partial charge on any atom is 0.352 e. The lowest BCUT2D eigenvalue weighted by Crippen LogP contribution is -2.41. The first-order valence-corrected chi connectivity index (χ1v) is 3.35. The summed E-state index contributed by atoms with van der Waals surface area (Å²) in [5.74, 6) is -1.23. The number of carbonyl (C=O) groups is 2. The molecule has 0 spiro atoms. The topological polar surface area (TPSA) is 52.6 Å². The van der Waals surface area contributed by atoms with Gasteiger partial charge in [0.15, 0.2) is 0 Å². The molecule has 4 nitrogen and oxygen atoms in total. The van der Waals surface area contributed by atoms with Gasteiger partial charge in [-0.15, -0.1) is 0 Å². The second kappa shape index (κ2) is 3.21. The zero-order valence-corrected chi connectivity index (χ0v) is 6.36. The first kappa shape index (κ1) is 8.52. The Morgan fingerprint density at radius 3 is 1.58 bits per heavy atom. The number of ether oxygens (including phenoxy) is 2. The number of rotatable bonds is 2. The highest BCUT2D eigenvalue weighted by atomic mass is 16.6. The van der Waals surface area contributed by atoms with Crippen molar-refractivity contribution in [3.63, 3.8) is 0 Å². The second-order valence-corrected chi connectivity index (χ2v) is 2.19. The fraction of sp³-hybridized carbons (Fsp3) is 0.250. The molecule has 1 aliphatic rings. The molecule has 4 heteroatoms. The van der Waals surface area contributed by atoms with E-state index in [0.717, 1.165) is 0 Å². The van der Waals surface area contributed by atoms with Gasteiger partial charge >= 0.3 is 11.9 Å². The highest BCUT2D eigenvalue weighted by molar-refractivity contribution is 5.89. The molecule has 1 fully saturated rings. The molecule has 0 unspecified atom stereocenters. The molecule has 0 bridgehead atoms. The summed E-state index contributed by atoms with van der Waals surface area (Å²) in [6, 6.07) is 0. The van der Waals surface area contributed by atoms with Gasteiger partial charge in [0.05, 0.1) is 0 Å². The van der Waals surface area contributed by atoms with Crippen molar-refractivity contribution in [2.24, 2.45) is 0 Å². The molecule has 64 valence electrons. The zero-order chi connectivity index (χ0) is 9.14. The zero-order valence-electron chi connectivity index (χ0n) is 6.36. The first-order valence-electron chi connectivity index (χ1n) is 3.35. The van der Waals surface area contributed by atoms with Crippen molar-refractivity contribution < 1.29 is 19.1 Å². The quantitative estimate of drug-likeness (QED) is 0.436. The summed E-state index contributed by atoms with van der Waals surface area (Å²) < 4.78 is 9.30.